The molecule has 1 aliphatic rings. The van der Waals surface area contributed by atoms with Gasteiger partial charge in [-0.25, -0.2) is 4.39 Å². The molecule has 1 aliphatic heterocycles. The Hall–Kier alpha value is -0.760. The van der Waals surface area contributed by atoms with Crippen molar-refractivity contribution in [3.05, 3.63) is 28.5 Å². The second kappa shape index (κ2) is 2.38. The quantitative estimate of drug-likeness (QED) is 0.632. The van der Waals surface area contributed by atoms with Crippen molar-refractivity contribution in [2.45, 2.75) is 6.42 Å². The Labute approximate surface area is 69.2 Å². The van der Waals surface area contributed by atoms with Crippen molar-refractivity contribution in [3.63, 3.8) is 0 Å². The van der Waals surface area contributed by atoms with Crippen LogP contribution in [0.2, 0.25) is 5.02 Å². The molecule has 0 unspecified atom stereocenters. The maximum Gasteiger partial charge on any atom is 0.147 e. The van der Waals surface area contributed by atoms with Gasteiger partial charge in [-0.05, 0) is 18.6 Å². The van der Waals surface area contributed by atoms with Crippen molar-refractivity contribution in [2.75, 3.05) is 11.9 Å². The smallest absolute Gasteiger partial charge is 0.147 e. The first-order valence-corrected chi connectivity index (χ1v) is 3.87. The minimum Gasteiger partial charge on any atom is -0.384 e. The number of benzene rings is 1. The van der Waals surface area contributed by atoms with Crippen LogP contribution in [0, 0.1) is 5.82 Å². The van der Waals surface area contributed by atoms with Crippen LogP contribution in [-0.2, 0) is 6.42 Å². The van der Waals surface area contributed by atoms with E-state index in [9.17, 15) is 4.39 Å². The lowest BCUT2D eigenvalue weighted by molar-refractivity contribution is 0.616. The van der Waals surface area contributed by atoms with Crippen LogP contribution in [0.1, 0.15) is 5.56 Å². The van der Waals surface area contributed by atoms with Crippen molar-refractivity contribution in [3.8, 4) is 0 Å². The number of halogens is 2. The first kappa shape index (κ1) is 6.92. The molecule has 0 radical (unpaired) electrons. The molecule has 11 heavy (non-hydrogen) atoms. The van der Waals surface area contributed by atoms with E-state index >= 15 is 0 Å². The van der Waals surface area contributed by atoms with Gasteiger partial charge in [-0.2, -0.15) is 0 Å². The van der Waals surface area contributed by atoms with Crippen LogP contribution >= 0.6 is 11.6 Å². The fourth-order valence-corrected chi connectivity index (χ4v) is 1.50. The number of hydrogen-bond donors (Lipinski definition) is 1. The molecule has 1 aromatic rings. The van der Waals surface area contributed by atoms with Crippen molar-refractivity contribution < 1.29 is 4.39 Å². The number of anilines is 1. The zero-order valence-electron chi connectivity index (χ0n) is 5.82. The summed E-state index contributed by atoms with van der Waals surface area (Å²) in [6, 6.07) is 3.39. The molecular formula is C8H7ClFN. The standard InChI is InChI=1S/C8H7ClFN/c9-6-1-2-7-5(8(6)10)3-4-11-7/h1-2,11H,3-4H2. The van der Waals surface area contributed by atoms with Crippen LogP contribution in [0.5, 0.6) is 0 Å². The lowest BCUT2D eigenvalue weighted by Gasteiger charge is -2.00. The van der Waals surface area contributed by atoms with Crippen LogP contribution in [0.25, 0.3) is 0 Å². The summed E-state index contributed by atoms with van der Waals surface area (Å²) in [4.78, 5) is 0. The molecule has 0 amide bonds. The van der Waals surface area contributed by atoms with E-state index in [2.05, 4.69) is 5.32 Å². The van der Waals surface area contributed by atoms with Gasteiger partial charge in [0.2, 0.25) is 0 Å². The van der Waals surface area contributed by atoms with Gasteiger partial charge >= 0.3 is 0 Å². The Balaban J connectivity index is 2.62. The van der Waals surface area contributed by atoms with Gasteiger partial charge in [0.05, 0.1) is 5.02 Å². The third-order valence-electron chi connectivity index (χ3n) is 1.89. The van der Waals surface area contributed by atoms with Crippen molar-refractivity contribution in [2.24, 2.45) is 0 Å². The van der Waals surface area contributed by atoms with E-state index < -0.39 is 0 Å². The lowest BCUT2D eigenvalue weighted by Crippen LogP contribution is -1.90. The Bertz CT molecular complexity index is 298. The molecule has 1 aromatic carbocycles. The molecule has 0 saturated carbocycles. The average molecular weight is 172 g/mol. The van der Waals surface area contributed by atoms with E-state index in [0.29, 0.717) is 0 Å². The highest BCUT2D eigenvalue weighted by Crippen LogP contribution is 2.29. The average Bonchev–Trinajstić information content (AvgIpc) is 2.45. The summed E-state index contributed by atoms with van der Waals surface area (Å²) in [6.45, 7) is 0.812. The molecule has 3 heteroatoms. The van der Waals surface area contributed by atoms with E-state index in [1.54, 1.807) is 6.07 Å². The van der Waals surface area contributed by atoms with E-state index in [-0.39, 0.29) is 10.8 Å². The third-order valence-corrected chi connectivity index (χ3v) is 2.18. The maximum atomic E-state index is 13.1. The Kier molecular flexibility index (Phi) is 1.50. The second-order valence-corrected chi connectivity index (χ2v) is 2.97. The minimum atomic E-state index is -0.269. The highest BCUT2D eigenvalue weighted by Gasteiger charge is 2.16. The van der Waals surface area contributed by atoms with E-state index in [1.807, 2.05) is 6.07 Å². The summed E-state index contributed by atoms with van der Waals surface area (Å²) in [5.74, 6) is -0.269. The largest absolute Gasteiger partial charge is 0.384 e. The van der Waals surface area contributed by atoms with Gasteiger partial charge in [0, 0.05) is 17.8 Å². The summed E-state index contributed by atoms with van der Waals surface area (Å²) in [5, 5.41) is 3.28. The van der Waals surface area contributed by atoms with Gasteiger partial charge in [0.1, 0.15) is 5.82 Å². The highest BCUT2D eigenvalue weighted by atomic mass is 35.5. The van der Waals surface area contributed by atoms with E-state index in [1.165, 1.54) is 0 Å². The number of hydrogen-bond acceptors (Lipinski definition) is 1. The zero-order valence-corrected chi connectivity index (χ0v) is 6.58. The maximum absolute atomic E-state index is 13.1. The third kappa shape index (κ3) is 0.979. The molecule has 58 valence electrons. The molecule has 0 fully saturated rings. The number of nitrogens with one attached hydrogen (secondary N) is 1. The summed E-state index contributed by atoms with van der Waals surface area (Å²) in [6.07, 6.45) is 0.738. The van der Waals surface area contributed by atoms with E-state index in [4.69, 9.17) is 11.6 Å². The molecule has 0 aliphatic carbocycles. The molecule has 0 saturated heterocycles. The SMILES string of the molecule is Fc1c(Cl)ccc2c1CCN2. The highest BCUT2D eigenvalue weighted by molar-refractivity contribution is 6.30. The van der Waals surface area contributed by atoms with Crippen molar-refractivity contribution in [1.29, 1.82) is 0 Å². The molecule has 2 rings (SSSR count). The molecule has 1 N–H and O–H groups in total. The van der Waals surface area contributed by atoms with Crippen LogP contribution in [0.15, 0.2) is 12.1 Å². The lowest BCUT2D eigenvalue weighted by atomic mass is 10.1. The normalized spacial score (nSPS) is 14.4. The second-order valence-electron chi connectivity index (χ2n) is 2.56. The van der Waals surface area contributed by atoms with Crippen LogP contribution in [0.3, 0.4) is 0 Å². The molecular weight excluding hydrogens is 165 g/mol. The molecule has 1 heterocycles. The van der Waals surface area contributed by atoms with Crippen LogP contribution < -0.4 is 5.32 Å². The monoisotopic (exact) mass is 171 g/mol. The summed E-state index contributed by atoms with van der Waals surface area (Å²) in [7, 11) is 0. The van der Waals surface area contributed by atoms with Crippen LogP contribution in [-0.4, -0.2) is 6.54 Å². The molecule has 0 spiro atoms. The molecule has 0 aromatic heterocycles. The van der Waals surface area contributed by atoms with Crippen molar-refractivity contribution >= 4 is 17.3 Å². The Morgan fingerprint density at radius 2 is 2.27 bits per heavy atom. The van der Waals surface area contributed by atoms with E-state index in [0.717, 1.165) is 24.2 Å². The van der Waals surface area contributed by atoms with Gasteiger partial charge in [-0.1, -0.05) is 11.6 Å². The fraction of sp³-hybridized carbons (Fsp3) is 0.250. The first-order valence-electron chi connectivity index (χ1n) is 3.50. The Morgan fingerprint density at radius 3 is 3.09 bits per heavy atom. The number of fused-ring (bicyclic) bond motifs is 1. The van der Waals surface area contributed by atoms with Crippen molar-refractivity contribution in [1.82, 2.24) is 0 Å². The summed E-state index contributed by atoms with van der Waals surface area (Å²) in [5.41, 5.74) is 1.60. The fourth-order valence-electron chi connectivity index (χ4n) is 1.32. The summed E-state index contributed by atoms with van der Waals surface area (Å²) >= 11 is 5.59. The molecule has 0 bridgehead atoms. The van der Waals surface area contributed by atoms with Gasteiger partial charge in [-0.3, -0.25) is 0 Å². The predicted octanol–water partition coefficient (Wildman–Crippen LogP) is 2.45. The summed E-state index contributed by atoms with van der Waals surface area (Å²) < 4.78 is 13.1. The molecule has 1 nitrogen and oxygen atoms in total. The van der Waals surface area contributed by atoms with Crippen LogP contribution in [0.4, 0.5) is 10.1 Å². The minimum absolute atomic E-state index is 0.215. The predicted molar refractivity (Wildman–Crippen MR) is 43.6 cm³/mol. The van der Waals surface area contributed by atoms with Gasteiger partial charge in [0.15, 0.2) is 0 Å². The topological polar surface area (TPSA) is 12.0 Å². The number of rotatable bonds is 0. The van der Waals surface area contributed by atoms with Gasteiger partial charge in [0.25, 0.3) is 0 Å². The zero-order chi connectivity index (χ0) is 7.84. The Morgan fingerprint density at radius 1 is 1.45 bits per heavy atom. The first-order chi connectivity index (χ1) is 5.29. The van der Waals surface area contributed by atoms with Gasteiger partial charge in [-0.15, -0.1) is 0 Å². The molecule has 0 atom stereocenters. The van der Waals surface area contributed by atoms with Gasteiger partial charge < -0.3 is 5.32 Å².